The smallest absolute Gasteiger partial charge is 0.254 e. The number of carbonyl (C=O) groups is 1. The first-order chi connectivity index (χ1) is 14.5. The number of nitrogens with zero attached hydrogens (tertiary/aromatic N) is 4. The third-order valence-corrected chi connectivity index (χ3v) is 7.60. The summed E-state index contributed by atoms with van der Waals surface area (Å²) in [5.41, 5.74) is 2.69. The van der Waals surface area contributed by atoms with Gasteiger partial charge < -0.3 is 14.3 Å². The van der Waals surface area contributed by atoms with E-state index in [-0.39, 0.29) is 5.91 Å². The minimum Gasteiger partial charge on any atom is -0.472 e. The lowest BCUT2D eigenvalue weighted by Crippen LogP contribution is -2.50. The number of amides is 1. The van der Waals surface area contributed by atoms with Crippen LogP contribution < -0.4 is 5.32 Å². The van der Waals surface area contributed by atoms with Crippen molar-refractivity contribution in [2.75, 3.05) is 26.2 Å². The Hall–Kier alpha value is -2.41. The van der Waals surface area contributed by atoms with Crippen LogP contribution in [0.1, 0.15) is 48.7 Å². The van der Waals surface area contributed by atoms with Crippen LogP contribution >= 0.6 is 0 Å². The highest BCUT2D eigenvalue weighted by atomic mass is 16.3. The van der Waals surface area contributed by atoms with Gasteiger partial charge in [0.25, 0.3) is 5.91 Å². The van der Waals surface area contributed by atoms with Crippen LogP contribution in [0.2, 0.25) is 0 Å². The monoisotopic (exact) mass is 409 g/mol. The zero-order chi connectivity index (χ0) is 20.7. The van der Waals surface area contributed by atoms with Crippen molar-refractivity contribution >= 4 is 5.91 Å². The molecule has 0 saturated heterocycles. The van der Waals surface area contributed by atoms with Crippen molar-refractivity contribution in [1.82, 2.24) is 25.0 Å². The van der Waals surface area contributed by atoms with Crippen molar-refractivity contribution in [3.05, 3.63) is 47.5 Å². The van der Waals surface area contributed by atoms with Crippen molar-refractivity contribution < 1.29 is 9.21 Å². The van der Waals surface area contributed by atoms with Gasteiger partial charge in [-0.3, -0.25) is 9.69 Å². The van der Waals surface area contributed by atoms with Crippen LogP contribution in [-0.4, -0.2) is 51.8 Å². The molecule has 1 aliphatic heterocycles. The fraction of sp³-hybridized carbons (Fsp3) is 0.609. The molecule has 1 saturated carbocycles. The zero-order valence-electron chi connectivity index (χ0n) is 17.9. The zero-order valence-corrected chi connectivity index (χ0v) is 17.9. The first-order valence-corrected chi connectivity index (χ1v) is 11.1. The molecular weight excluding hydrogens is 378 g/mol. The summed E-state index contributed by atoms with van der Waals surface area (Å²) in [6.45, 7) is 9.49. The maximum absolute atomic E-state index is 12.1. The Kier molecular flexibility index (Phi) is 5.01. The predicted molar refractivity (Wildman–Crippen MR) is 113 cm³/mol. The highest BCUT2D eigenvalue weighted by Gasteiger charge is 2.51. The first kappa shape index (κ1) is 19.5. The Morgan fingerprint density at radius 3 is 2.97 bits per heavy atom. The molecule has 3 heterocycles. The summed E-state index contributed by atoms with van der Waals surface area (Å²) in [7, 11) is 0. The van der Waals surface area contributed by atoms with E-state index < -0.39 is 0 Å². The van der Waals surface area contributed by atoms with E-state index in [1.807, 2.05) is 0 Å². The van der Waals surface area contributed by atoms with Crippen molar-refractivity contribution in [3.63, 3.8) is 0 Å². The first-order valence-electron chi connectivity index (χ1n) is 11.1. The van der Waals surface area contributed by atoms with Gasteiger partial charge >= 0.3 is 0 Å². The maximum atomic E-state index is 12.1. The van der Waals surface area contributed by atoms with Crippen LogP contribution in [-0.2, 0) is 19.4 Å². The summed E-state index contributed by atoms with van der Waals surface area (Å²) in [6.07, 6.45) is 9.73. The molecule has 2 bridgehead atoms. The van der Waals surface area contributed by atoms with Gasteiger partial charge in [-0.15, -0.1) is 10.2 Å². The second-order valence-corrected chi connectivity index (χ2v) is 9.55. The molecule has 0 spiro atoms. The summed E-state index contributed by atoms with van der Waals surface area (Å²) in [5.74, 6) is 3.57. The van der Waals surface area contributed by atoms with Crippen LogP contribution in [0.15, 0.2) is 34.7 Å². The molecule has 7 nitrogen and oxygen atoms in total. The van der Waals surface area contributed by atoms with Crippen LogP contribution in [0.4, 0.5) is 0 Å². The quantitative estimate of drug-likeness (QED) is 0.743. The summed E-state index contributed by atoms with van der Waals surface area (Å²) < 4.78 is 7.22. The van der Waals surface area contributed by atoms with Crippen molar-refractivity contribution in [2.24, 2.45) is 17.3 Å². The number of allylic oxidation sites excluding steroid dienone is 1. The molecule has 30 heavy (non-hydrogen) atoms. The molecule has 3 aliphatic carbocycles. The predicted octanol–water partition coefficient (Wildman–Crippen LogP) is 2.69. The molecule has 6 rings (SSSR count). The highest BCUT2D eigenvalue weighted by Crippen LogP contribution is 2.59. The molecular formula is C23H31N5O2. The Morgan fingerprint density at radius 1 is 1.30 bits per heavy atom. The number of carbonyl (C=O) groups excluding carboxylic acids is 1. The molecule has 1 fully saturated rings. The number of hydrogen-bond acceptors (Lipinski definition) is 5. The molecule has 2 aromatic rings. The fourth-order valence-corrected chi connectivity index (χ4v) is 5.47. The van der Waals surface area contributed by atoms with Crippen LogP contribution in [0.5, 0.6) is 0 Å². The third kappa shape index (κ3) is 3.49. The molecule has 2 aromatic heterocycles. The van der Waals surface area contributed by atoms with Crippen LogP contribution in [0, 0.1) is 17.3 Å². The van der Waals surface area contributed by atoms with E-state index in [9.17, 15) is 4.79 Å². The van der Waals surface area contributed by atoms with Crippen molar-refractivity contribution in [2.45, 2.75) is 46.1 Å². The second kappa shape index (κ2) is 7.69. The molecule has 2 atom stereocenters. The van der Waals surface area contributed by atoms with Gasteiger partial charge in [0, 0.05) is 45.6 Å². The third-order valence-electron chi connectivity index (χ3n) is 7.60. The number of fused-ring (bicyclic) bond motifs is 2. The summed E-state index contributed by atoms with van der Waals surface area (Å²) >= 11 is 0. The van der Waals surface area contributed by atoms with E-state index >= 15 is 0 Å². The van der Waals surface area contributed by atoms with Gasteiger partial charge in [-0.05, 0) is 36.2 Å². The molecule has 1 N–H and O–H groups in total. The number of furan rings is 1. The van der Waals surface area contributed by atoms with Crippen molar-refractivity contribution in [1.29, 1.82) is 0 Å². The summed E-state index contributed by atoms with van der Waals surface area (Å²) in [5, 5.41) is 11.8. The number of hydrogen-bond donors (Lipinski definition) is 1. The lowest BCUT2D eigenvalue weighted by Gasteiger charge is -2.57. The highest BCUT2D eigenvalue weighted by molar-refractivity contribution is 5.93. The summed E-state index contributed by atoms with van der Waals surface area (Å²) in [4.78, 5) is 14.6. The normalized spacial score (nSPS) is 25.1. The Morgan fingerprint density at radius 2 is 2.20 bits per heavy atom. The van der Waals surface area contributed by atoms with E-state index in [0.29, 0.717) is 23.9 Å². The molecule has 160 valence electrons. The minimum absolute atomic E-state index is 0.118. The lowest BCUT2D eigenvalue weighted by atomic mass is 9.49. The Balaban J connectivity index is 1.16. The second-order valence-electron chi connectivity index (χ2n) is 9.55. The molecule has 0 unspecified atom stereocenters. The van der Waals surface area contributed by atoms with Gasteiger partial charge in [0.1, 0.15) is 17.9 Å². The van der Waals surface area contributed by atoms with E-state index in [2.05, 4.69) is 44.9 Å². The molecule has 7 heteroatoms. The Bertz CT molecular complexity index is 943. The van der Waals surface area contributed by atoms with E-state index in [0.717, 1.165) is 56.1 Å². The van der Waals surface area contributed by atoms with Gasteiger partial charge in [0.15, 0.2) is 0 Å². The minimum atomic E-state index is -0.118. The molecule has 1 amide bonds. The number of rotatable bonds is 6. The average Bonchev–Trinajstić information content (AvgIpc) is 3.36. The SMILES string of the molecule is CC1(C)[C@H]2CC=C(CN3CCc4nnc(CCNC(=O)c5ccoc5)n4CC3)[C@@H]1C2. The summed E-state index contributed by atoms with van der Waals surface area (Å²) in [6, 6.07) is 1.67. The van der Waals surface area contributed by atoms with Gasteiger partial charge in [0.2, 0.25) is 0 Å². The average molecular weight is 410 g/mol. The van der Waals surface area contributed by atoms with E-state index in [1.54, 1.807) is 11.6 Å². The van der Waals surface area contributed by atoms with E-state index in [4.69, 9.17) is 4.42 Å². The van der Waals surface area contributed by atoms with Gasteiger partial charge in [-0.1, -0.05) is 25.5 Å². The number of nitrogens with one attached hydrogen (secondary N) is 1. The molecule has 0 aromatic carbocycles. The van der Waals surface area contributed by atoms with Gasteiger partial charge in [-0.2, -0.15) is 0 Å². The van der Waals surface area contributed by atoms with Gasteiger partial charge in [0.05, 0.1) is 11.8 Å². The lowest BCUT2D eigenvalue weighted by molar-refractivity contribution is -0.0106. The topological polar surface area (TPSA) is 76.2 Å². The molecule has 0 radical (unpaired) electrons. The largest absolute Gasteiger partial charge is 0.472 e. The van der Waals surface area contributed by atoms with Crippen molar-refractivity contribution in [3.8, 4) is 0 Å². The maximum Gasteiger partial charge on any atom is 0.254 e. The molecule has 4 aliphatic rings. The number of aromatic nitrogens is 3. The van der Waals surface area contributed by atoms with E-state index in [1.165, 1.54) is 25.4 Å². The Labute approximate surface area is 177 Å². The van der Waals surface area contributed by atoms with Crippen LogP contribution in [0.3, 0.4) is 0 Å². The van der Waals surface area contributed by atoms with Crippen LogP contribution in [0.25, 0.3) is 0 Å². The standard InChI is InChI=1S/C23H31N5O2/c1-23(2)18-4-3-16(19(23)13-18)14-27-9-6-21-26-25-20(28(21)11-10-27)5-8-24-22(29)17-7-12-30-15-17/h3,7,12,15,18-19H,4-6,8-11,13-14H2,1-2H3,(H,24,29)/t18-,19-/m0/s1. The van der Waals surface area contributed by atoms with Gasteiger partial charge in [-0.25, -0.2) is 0 Å². The fourth-order valence-electron chi connectivity index (χ4n) is 5.47.